The highest BCUT2D eigenvalue weighted by atomic mass is 16.6. The lowest BCUT2D eigenvalue weighted by Gasteiger charge is -2.32. The Hall–Kier alpha value is -3.04. The summed E-state index contributed by atoms with van der Waals surface area (Å²) in [4.78, 5) is 13.5. The Morgan fingerprint density at radius 1 is 1.09 bits per heavy atom. The fourth-order valence-corrected chi connectivity index (χ4v) is 3.97. The van der Waals surface area contributed by atoms with E-state index in [1.807, 2.05) is 42.5 Å². The van der Waals surface area contributed by atoms with E-state index in [0.29, 0.717) is 5.75 Å². The molecule has 0 aliphatic heterocycles. The van der Waals surface area contributed by atoms with Gasteiger partial charge in [0.1, 0.15) is 11.5 Å². The highest BCUT2D eigenvalue weighted by Gasteiger charge is 2.35. The molecule has 0 bridgehead atoms. The second-order valence-electron chi connectivity index (χ2n) is 8.64. The summed E-state index contributed by atoms with van der Waals surface area (Å²) in [7, 11) is 5.10. The normalized spacial score (nSPS) is 12.8. The Kier molecular flexibility index (Phi) is 10.2. The third kappa shape index (κ3) is 7.50. The van der Waals surface area contributed by atoms with Crippen LogP contribution in [0, 0.1) is 17.2 Å². The number of likely N-dealkylation sites (N-methyl/N-ethyl adjacent to an activating group) is 1. The average Bonchev–Trinajstić information content (AvgIpc) is 2.84. The van der Waals surface area contributed by atoms with E-state index in [1.165, 1.54) is 7.11 Å². The van der Waals surface area contributed by atoms with Crippen molar-refractivity contribution in [3.05, 3.63) is 59.7 Å². The van der Waals surface area contributed by atoms with Crippen LogP contribution in [0.4, 0.5) is 0 Å². The highest BCUT2D eigenvalue weighted by Crippen LogP contribution is 2.37. The maximum absolute atomic E-state index is 11.3. The SMILES string of the molecule is COC(=O)COc1cccc(CCN(C)CCCC(C#N)(c2cccc(OC)c2)C(C)C)c1. The van der Waals surface area contributed by atoms with Gasteiger partial charge >= 0.3 is 5.97 Å². The van der Waals surface area contributed by atoms with Crippen molar-refractivity contribution in [1.82, 2.24) is 4.90 Å². The van der Waals surface area contributed by atoms with E-state index in [1.54, 1.807) is 7.11 Å². The van der Waals surface area contributed by atoms with Crippen LogP contribution in [0.15, 0.2) is 48.5 Å². The molecule has 0 saturated carbocycles. The number of nitrogens with zero attached hydrogens (tertiary/aromatic N) is 2. The predicted octanol–water partition coefficient (Wildman–Crippen LogP) is 4.62. The monoisotopic (exact) mass is 452 g/mol. The zero-order chi connectivity index (χ0) is 24.3. The topological polar surface area (TPSA) is 71.8 Å². The summed E-state index contributed by atoms with van der Waals surface area (Å²) < 4.78 is 15.5. The van der Waals surface area contributed by atoms with Crippen molar-refractivity contribution in [1.29, 1.82) is 5.26 Å². The maximum Gasteiger partial charge on any atom is 0.343 e. The first kappa shape index (κ1) is 26.2. The second-order valence-corrected chi connectivity index (χ2v) is 8.64. The molecule has 1 unspecified atom stereocenters. The minimum absolute atomic E-state index is 0.0936. The largest absolute Gasteiger partial charge is 0.497 e. The fourth-order valence-electron chi connectivity index (χ4n) is 3.97. The third-order valence-electron chi connectivity index (χ3n) is 6.15. The molecular formula is C27H36N2O4. The Morgan fingerprint density at radius 2 is 1.82 bits per heavy atom. The van der Waals surface area contributed by atoms with Gasteiger partial charge in [-0.15, -0.1) is 0 Å². The van der Waals surface area contributed by atoms with Crippen molar-refractivity contribution in [2.24, 2.45) is 5.92 Å². The molecule has 6 heteroatoms. The molecule has 2 aromatic carbocycles. The number of methoxy groups -OCH3 is 2. The predicted molar refractivity (Wildman–Crippen MR) is 130 cm³/mol. The van der Waals surface area contributed by atoms with E-state index in [-0.39, 0.29) is 12.5 Å². The number of esters is 1. The number of carbonyl (C=O) groups excluding carboxylic acids is 1. The summed E-state index contributed by atoms with van der Waals surface area (Å²) in [5.74, 6) is 1.23. The summed E-state index contributed by atoms with van der Waals surface area (Å²) in [6.07, 6.45) is 2.58. The zero-order valence-electron chi connectivity index (χ0n) is 20.5. The van der Waals surface area contributed by atoms with Gasteiger partial charge in [-0.3, -0.25) is 0 Å². The van der Waals surface area contributed by atoms with Crippen LogP contribution < -0.4 is 9.47 Å². The molecular weight excluding hydrogens is 416 g/mol. The van der Waals surface area contributed by atoms with Gasteiger partial charge in [0.25, 0.3) is 0 Å². The van der Waals surface area contributed by atoms with Gasteiger partial charge in [0.2, 0.25) is 0 Å². The minimum Gasteiger partial charge on any atom is -0.497 e. The van der Waals surface area contributed by atoms with Crippen LogP contribution in [0.5, 0.6) is 11.5 Å². The van der Waals surface area contributed by atoms with Gasteiger partial charge in [-0.25, -0.2) is 4.79 Å². The standard InChI is InChI=1S/C27H36N2O4/c1-21(2)27(20-28,23-10-7-11-24(18-23)31-4)14-8-15-29(3)16-13-22-9-6-12-25(17-22)33-19-26(30)32-5/h6-7,9-12,17-18,21H,8,13-16,19H2,1-5H3. The molecule has 33 heavy (non-hydrogen) atoms. The van der Waals surface area contributed by atoms with Crippen LogP contribution in [0.2, 0.25) is 0 Å². The summed E-state index contributed by atoms with van der Waals surface area (Å²) in [6, 6.07) is 18.3. The van der Waals surface area contributed by atoms with E-state index in [2.05, 4.69) is 42.7 Å². The van der Waals surface area contributed by atoms with Crippen molar-refractivity contribution in [3.8, 4) is 17.6 Å². The summed E-state index contributed by atoms with van der Waals surface area (Å²) in [6.45, 7) is 5.92. The Balaban J connectivity index is 1.91. The lowest BCUT2D eigenvalue weighted by molar-refractivity contribution is -0.142. The van der Waals surface area contributed by atoms with Gasteiger partial charge in [-0.05, 0) is 74.2 Å². The summed E-state index contributed by atoms with van der Waals surface area (Å²) in [5, 5.41) is 10.2. The van der Waals surface area contributed by atoms with Crippen LogP contribution >= 0.6 is 0 Å². The van der Waals surface area contributed by atoms with Crippen molar-refractivity contribution < 1.29 is 19.0 Å². The number of hydrogen-bond donors (Lipinski definition) is 0. The van der Waals surface area contributed by atoms with Crippen molar-refractivity contribution in [3.63, 3.8) is 0 Å². The fraction of sp³-hybridized carbons (Fsp3) is 0.481. The molecule has 178 valence electrons. The summed E-state index contributed by atoms with van der Waals surface area (Å²) in [5.41, 5.74) is 1.63. The van der Waals surface area contributed by atoms with Crippen molar-refractivity contribution in [2.75, 3.05) is 41.0 Å². The van der Waals surface area contributed by atoms with Crippen LogP contribution in [0.1, 0.15) is 37.8 Å². The smallest absolute Gasteiger partial charge is 0.343 e. The van der Waals surface area contributed by atoms with Crippen LogP contribution in [0.3, 0.4) is 0 Å². The first-order valence-electron chi connectivity index (χ1n) is 11.4. The van der Waals surface area contributed by atoms with Gasteiger partial charge in [-0.2, -0.15) is 5.26 Å². The average molecular weight is 453 g/mol. The molecule has 1 atom stereocenters. The van der Waals surface area contributed by atoms with Crippen LogP contribution in [0.25, 0.3) is 0 Å². The molecule has 0 spiro atoms. The number of nitriles is 1. The van der Waals surface area contributed by atoms with Crippen molar-refractivity contribution >= 4 is 5.97 Å². The summed E-state index contributed by atoms with van der Waals surface area (Å²) >= 11 is 0. The van der Waals surface area contributed by atoms with Gasteiger partial charge in [0.05, 0.1) is 25.7 Å². The number of hydrogen-bond acceptors (Lipinski definition) is 6. The molecule has 0 N–H and O–H groups in total. The molecule has 0 aliphatic carbocycles. The van der Waals surface area contributed by atoms with Gasteiger partial charge in [0.15, 0.2) is 6.61 Å². The quantitative estimate of drug-likeness (QED) is 0.413. The van der Waals surface area contributed by atoms with E-state index < -0.39 is 11.4 Å². The van der Waals surface area contributed by atoms with Gasteiger partial charge < -0.3 is 19.1 Å². The Bertz CT molecular complexity index is 938. The molecule has 2 rings (SSSR count). The molecule has 0 saturated heterocycles. The molecule has 6 nitrogen and oxygen atoms in total. The molecule has 0 radical (unpaired) electrons. The second kappa shape index (κ2) is 12.9. The molecule has 2 aromatic rings. The van der Waals surface area contributed by atoms with E-state index >= 15 is 0 Å². The first-order valence-corrected chi connectivity index (χ1v) is 11.4. The lowest BCUT2D eigenvalue weighted by Crippen LogP contribution is -2.32. The number of benzene rings is 2. The number of rotatable bonds is 13. The van der Waals surface area contributed by atoms with Crippen LogP contribution in [-0.2, 0) is 21.4 Å². The highest BCUT2D eigenvalue weighted by molar-refractivity contribution is 5.70. The van der Waals surface area contributed by atoms with E-state index in [4.69, 9.17) is 9.47 Å². The first-order chi connectivity index (χ1) is 15.8. The molecule has 0 aromatic heterocycles. The van der Waals surface area contributed by atoms with Gasteiger partial charge in [0, 0.05) is 6.54 Å². The third-order valence-corrected chi connectivity index (χ3v) is 6.15. The van der Waals surface area contributed by atoms with Crippen molar-refractivity contribution in [2.45, 2.75) is 38.5 Å². The zero-order valence-corrected chi connectivity index (χ0v) is 20.5. The Labute approximate surface area is 198 Å². The minimum atomic E-state index is -0.541. The number of carbonyl (C=O) groups is 1. The molecule has 0 fully saturated rings. The van der Waals surface area contributed by atoms with E-state index in [0.717, 1.165) is 49.2 Å². The molecule has 0 heterocycles. The molecule has 0 amide bonds. The molecule has 0 aliphatic rings. The van der Waals surface area contributed by atoms with Gasteiger partial charge in [-0.1, -0.05) is 38.1 Å². The maximum atomic E-state index is 11.3. The lowest BCUT2D eigenvalue weighted by atomic mass is 9.70. The van der Waals surface area contributed by atoms with Crippen LogP contribution in [-0.4, -0.2) is 51.8 Å². The van der Waals surface area contributed by atoms with E-state index in [9.17, 15) is 10.1 Å². The number of ether oxygens (including phenoxy) is 3. The Morgan fingerprint density at radius 3 is 2.48 bits per heavy atom.